The molecule has 2 atom stereocenters. The maximum Gasteiger partial charge on any atom is 0.233 e. The number of carbonyl (C=O) groups is 1. The van der Waals surface area contributed by atoms with Crippen molar-refractivity contribution in [2.45, 2.75) is 42.5 Å². The summed E-state index contributed by atoms with van der Waals surface area (Å²) >= 11 is 1.42. The van der Waals surface area contributed by atoms with Crippen LogP contribution in [0.5, 0.6) is 0 Å². The van der Waals surface area contributed by atoms with Gasteiger partial charge in [0.25, 0.3) is 0 Å². The van der Waals surface area contributed by atoms with Crippen molar-refractivity contribution in [3.8, 4) is 0 Å². The number of aryl methyl sites for hydroxylation is 1. The molecule has 0 saturated heterocycles. The van der Waals surface area contributed by atoms with E-state index in [4.69, 9.17) is 0 Å². The predicted molar refractivity (Wildman–Crippen MR) is 97.3 cm³/mol. The summed E-state index contributed by atoms with van der Waals surface area (Å²) in [5.74, 6) is 0.0259. The highest BCUT2D eigenvalue weighted by Crippen LogP contribution is 2.31. The van der Waals surface area contributed by atoms with Crippen LogP contribution in [0.4, 0.5) is 0 Å². The fourth-order valence-corrected chi connectivity index (χ4v) is 4.13. The molecule has 4 rings (SSSR count). The third-order valence-electron chi connectivity index (χ3n) is 4.53. The number of amides is 1. The molecule has 0 saturated carbocycles. The van der Waals surface area contributed by atoms with E-state index < -0.39 is 0 Å². The maximum absolute atomic E-state index is 12.7. The lowest BCUT2D eigenvalue weighted by Crippen LogP contribution is -2.35. The van der Waals surface area contributed by atoms with E-state index in [2.05, 4.69) is 43.5 Å². The van der Waals surface area contributed by atoms with Gasteiger partial charge in [0, 0.05) is 0 Å². The molecule has 1 aliphatic carbocycles. The Hall–Kier alpha value is -2.41. The number of hydrogen-bond acceptors (Lipinski definition) is 5. The number of hydrogen-bond donors (Lipinski definition) is 2. The van der Waals surface area contributed by atoms with E-state index in [0.717, 1.165) is 29.8 Å². The van der Waals surface area contributed by atoms with Crippen molar-refractivity contribution in [2.75, 3.05) is 0 Å². The summed E-state index contributed by atoms with van der Waals surface area (Å²) in [5, 5.41) is 3.70. The molecule has 1 aromatic carbocycles. The molecule has 2 aromatic heterocycles. The first-order valence-electron chi connectivity index (χ1n) is 8.41. The Kier molecular flexibility index (Phi) is 4.40. The van der Waals surface area contributed by atoms with Crippen LogP contribution >= 0.6 is 11.8 Å². The lowest BCUT2D eigenvalue weighted by atomic mass is 9.88. The van der Waals surface area contributed by atoms with Crippen LogP contribution in [0.15, 0.2) is 41.9 Å². The summed E-state index contributed by atoms with van der Waals surface area (Å²) in [7, 11) is 0. The number of benzene rings is 1. The summed E-state index contributed by atoms with van der Waals surface area (Å²) in [4.78, 5) is 28.3. The molecule has 0 fully saturated rings. The first-order chi connectivity index (χ1) is 12.2. The van der Waals surface area contributed by atoms with Crippen molar-refractivity contribution in [1.82, 2.24) is 25.3 Å². The second kappa shape index (κ2) is 6.84. The summed E-state index contributed by atoms with van der Waals surface area (Å²) in [6.45, 7) is 1.90. The van der Waals surface area contributed by atoms with Crippen LogP contribution in [0.2, 0.25) is 0 Å². The molecule has 128 valence electrons. The molecule has 1 aliphatic rings. The zero-order valence-electron chi connectivity index (χ0n) is 13.9. The first-order valence-corrected chi connectivity index (χ1v) is 9.29. The lowest BCUT2D eigenvalue weighted by Gasteiger charge is -2.27. The number of H-pyrrole nitrogens is 1. The highest BCUT2D eigenvalue weighted by molar-refractivity contribution is 8.00. The minimum atomic E-state index is -0.254. The van der Waals surface area contributed by atoms with Crippen molar-refractivity contribution in [3.63, 3.8) is 0 Å². The zero-order valence-corrected chi connectivity index (χ0v) is 14.7. The topological polar surface area (TPSA) is 83.6 Å². The van der Waals surface area contributed by atoms with Crippen LogP contribution in [-0.2, 0) is 11.2 Å². The van der Waals surface area contributed by atoms with Gasteiger partial charge in [-0.2, -0.15) is 0 Å². The van der Waals surface area contributed by atoms with Crippen LogP contribution in [-0.4, -0.2) is 31.1 Å². The Labute approximate surface area is 149 Å². The van der Waals surface area contributed by atoms with Crippen LogP contribution in [0, 0.1) is 0 Å². The fraction of sp³-hybridized carbons (Fsp3) is 0.333. The van der Waals surface area contributed by atoms with Crippen LogP contribution < -0.4 is 5.32 Å². The summed E-state index contributed by atoms with van der Waals surface area (Å²) < 4.78 is 0. The van der Waals surface area contributed by atoms with E-state index in [1.54, 1.807) is 6.33 Å². The van der Waals surface area contributed by atoms with Gasteiger partial charge in [-0.1, -0.05) is 36.0 Å². The Morgan fingerprint density at radius 1 is 1.32 bits per heavy atom. The normalized spacial score (nSPS) is 17.9. The SMILES string of the molecule is C[C@H](Sc1ncnc2nc[nH]c12)C(=O)N[C@@H]1CCCc2ccccc21. The average Bonchev–Trinajstić information content (AvgIpc) is 3.12. The van der Waals surface area contributed by atoms with Crippen LogP contribution in [0.3, 0.4) is 0 Å². The molecule has 2 N–H and O–H groups in total. The van der Waals surface area contributed by atoms with Gasteiger partial charge in [-0.15, -0.1) is 0 Å². The van der Waals surface area contributed by atoms with Gasteiger partial charge in [0.15, 0.2) is 5.65 Å². The van der Waals surface area contributed by atoms with Gasteiger partial charge in [0.05, 0.1) is 17.6 Å². The number of nitrogens with zero attached hydrogens (tertiary/aromatic N) is 3. The van der Waals surface area contributed by atoms with Crippen LogP contribution in [0.1, 0.15) is 36.9 Å². The summed E-state index contributed by atoms with van der Waals surface area (Å²) in [6, 6.07) is 8.47. The number of fused-ring (bicyclic) bond motifs is 2. The molecule has 0 spiro atoms. The molecule has 25 heavy (non-hydrogen) atoms. The molecule has 0 bridgehead atoms. The van der Waals surface area contributed by atoms with Crippen molar-refractivity contribution in [1.29, 1.82) is 0 Å². The van der Waals surface area contributed by atoms with Crippen LogP contribution in [0.25, 0.3) is 11.2 Å². The van der Waals surface area contributed by atoms with E-state index in [0.29, 0.717) is 5.65 Å². The maximum atomic E-state index is 12.7. The number of aromatic amines is 1. The van der Waals surface area contributed by atoms with Gasteiger partial charge < -0.3 is 10.3 Å². The number of nitrogens with one attached hydrogen (secondary N) is 2. The monoisotopic (exact) mass is 353 g/mol. The largest absolute Gasteiger partial charge is 0.348 e. The highest BCUT2D eigenvalue weighted by Gasteiger charge is 2.24. The minimum Gasteiger partial charge on any atom is -0.348 e. The van der Waals surface area contributed by atoms with Gasteiger partial charge in [-0.05, 0) is 37.3 Å². The van der Waals surface area contributed by atoms with Gasteiger partial charge in [0.1, 0.15) is 16.9 Å². The predicted octanol–water partition coefficient (Wildman–Crippen LogP) is 3.03. The average molecular weight is 353 g/mol. The Morgan fingerprint density at radius 3 is 3.12 bits per heavy atom. The Balaban J connectivity index is 1.47. The third-order valence-corrected chi connectivity index (χ3v) is 5.63. The van der Waals surface area contributed by atoms with Gasteiger partial charge in [0.2, 0.25) is 5.91 Å². The van der Waals surface area contributed by atoms with Gasteiger partial charge in [-0.3, -0.25) is 4.79 Å². The first kappa shape index (κ1) is 16.1. The van der Waals surface area contributed by atoms with Crippen molar-refractivity contribution < 1.29 is 4.79 Å². The Morgan fingerprint density at radius 2 is 2.20 bits per heavy atom. The molecule has 6 nitrogen and oxygen atoms in total. The molecule has 0 aliphatic heterocycles. The van der Waals surface area contributed by atoms with Crippen molar-refractivity contribution >= 4 is 28.8 Å². The van der Waals surface area contributed by atoms with E-state index in [1.807, 2.05) is 13.0 Å². The molecule has 0 unspecified atom stereocenters. The second-order valence-electron chi connectivity index (χ2n) is 6.19. The molecule has 7 heteroatoms. The highest BCUT2D eigenvalue weighted by atomic mass is 32.2. The van der Waals surface area contributed by atoms with E-state index in [1.165, 1.54) is 29.2 Å². The zero-order chi connectivity index (χ0) is 17.2. The molecule has 3 aromatic rings. The summed E-state index contributed by atoms with van der Waals surface area (Å²) in [6.07, 6.45) is 6.24. The number of imidazole rings is 1. The number of thioether (sulfide) groups is 1. The number of carbonyl (C=O) groups excluding carboxylic acids is 1. The molecule has 1 amide bonds. The van der Waals surface area contributed by atoms with Crippen molar-refractivity contribution in [2.24, 2.45) is 0 Å². The van der Waals surface area contributed by atoms with Gasteiger partial charge >= 0.3 is 0 Å². The number of aromatic nitrogens is 4. The number of rotatable bonds is 4. The Bertz CT molecular complexity index is 909. The van der Waals surface area contributed by atoms with Crippen molar-refractivity contribution in [3.05, 3.63) is 48.0 Å². The summed E-state index contributed by atoms with van der Waals surface area (Å²) in [5.41, 5.74) is 3.98. The quantitative estimate of drug-likeness (QED) is 0.556. The second-order valence-corrected chi connectivity index (χ2v) is 7.52. The molecular formula is C18H19N5OS. The smallest absolute Gasteiger partial charge is 0.233 e. The molecule has 0 radical (unpaired) electrons. The minimum absolute atomic E-state index is 0.0259. The molecule has 2 heterocycles. The fourth-order valence-electron chi connectivity index (χ4n) is 3.25. The third kappa shape index (κ3) is 3.24. The molecular weight excluding hydrogens is 334 g/mol. The van der Waals surface area contributed by atoms with Gasteiger partial charge in [-0.25, -0.2) is 15.0 Å². The standard InChI is InChI=1S/C18H19N5OS/c1-11(25-18-15-16(20-9-19-15)21-10-22-18)17(24)23-14-8-4-6-12-5-2-3-7-13(12)14/h2-3,5,7,9-11,14H,4,6,8H2,1H3,(H,23,24)(H,19,20,21,22)/t11-,14+/m0/s1. The van der Waals surface area contributed by atoms with E-state index >= 15 is 0 Å². The lowest BCUT2D eigenvalue weighted by molar-refractivity contribution is -0.121. The van der Waals surface area contributed by atoms with E-state index in [-0.39, 0.29) is 17.2 Å². The van der Waals surface area contributed by atoms with E-state index in [9.17, 15) is 4.79 Å².